The summed E-state index contributed by atoms with van der Waals surface area (Å²) >= 11 is 0. The molecule has 2 heterocycles. The average Bonchev–Trinajstić information content (AvgIpc) is 2.64. The minimum Gasteiger partial charge on any atom is -0.444 e. The molecule has 0 saturated carbocycles. The van der Waals surface area contributed by atoms with Gasteiger partial charge in [0.25, 0.3) is 0 Å². The maximum absolute atomic E-state index is 12.1. The zero-order valence-electron chi connectivity index (χ0n) is 17.0. The number of ether oxygens (including phenoxy) is 1. The van der Waals surface area contributed by atoms with E-state index in [-0.39, 0.29) is 6.09 Å². The van der Waals surface area contributed by atoms with Gasteiger partial charge in [0.05, 0.1) is 12.2 Å². The van der Waals surface area contributed by atoms with Crippen LogP contribution < -0.4 is 10.6 Å². The van der Waals surface area contributed by atoms with Crippen molar-refractivity contribution in [2.24, 2.45) is 10.9 Å². The van der Waals surface area contributed by atoms with Gasteiger partial charge in [0.2, 0.25) is 0 Å². The fraction of sp³-hybridized carbons (Fsp3) is 0.650. The highest BCUT2D eigenvalue weighted by atomic mass is 16.6. The summed E-state index contributed by atoms with van der Waals surface area (Å²) in [5, 5.41) is 6.69. The van der Waals surface area contributed by atoms with Gasteiger partial charge in [-0.15, -0.1) is 0 Å². The smallest absolute Gasteiger partial charge is 0.410 e. The number of amides is 1. The second-order valence-corrected chi connectivity index (χ2v) is 7.81. The highest BCUT2D eigenvalue weighted by molar-refractivity contribution is 5.79. The van der Waals surface area contributed by atoms with Crippen LogP contribution >= 0.6 is 0 Å². The molecule has 0 atom stereocenters. The fourth-order valence-electron chi connectivity index (χ4n) is 2.88. The number of hydrogen-bond donors (Lipinski definition) is 2. The van der Waals surface area contributed by atoms with Crippen molar-refractivity contribution in [3.63, 3.8) is 0 Å². The summed E-state index contributed by atoms with van der Waals surface area (Å²) in [6.07, 6.45) is 3.50. The fourth-order valence-corrected chi connectivity index (χ4v) is 2.88. The van der Waals surface area contributed by atoms with Crippen molar-refractivity contribution < 1.29 is 9.53 Å². The van der Waals surface area contributed by atoms with Gasteiger partial charge in [-0.05, 0) is 58.6 Å². The molecule has 150 valence electrons. The van der Waals surface area contributed by atoms with Gasteiger partial charge in [0.1, 0.15) is 5.60 Å². The van der Waals surface area contributed by atoms with E-state index >= 15 is 0 Å². The van der Waals surface area contributed by atoms with Crippen LogP contribution in [0.5, 0.6) is 0 Å². The van der Waals surface area contributed by atoms with Gasteiger partial charge in [-0.3, -0.25) is 4.98 Å². The van der Waals surface area contributed by atoms with E-state index < -0.39 is 5.60 Å². The van der Waals surface area contributed by atoms with E-state index in [4.69, 9.17) is 4.74 Å². The maximum Gasteiger partial charge on any atom is 0.410 e. The molecular formula is C20H33N5O2. The Morgan fingerprint density at radius 1 is 1.30 bits per heavy atom. The average molecular weight is 376 g/mol. The third kappa shape index (κ3) is 7.85. The van der Waals surface area contributed by atoms with Gasteiger partial charge in [-0.1, -0.05) is 6.07 Å². The summed E-state index contributed by atoms with van der Waals surface area (Å²) in [6, 6.07) is 5.84. The Kier molecular flexibility index (Phi) is 7.88. The molecule has 0 spiro atoms. The zero-order valence-corrected chi connectivity index (χ0v) is 17.0. The number of pyridine rings is 1. The van der Waals surface area contributed by atoms with Crippen molar-refractivity contribution in [2.45, 2.75) is 52.7 Å². The molecular weight excluding hydrogens is 342 g/mol. The van der Waals surface area contributed by atoms with E-state index in [0.717, 1.165) is 50.7 Å². The third-order valence-corrected chi connectivity index (χ3v) is 4.29. The SMILES string of the molecule is CCNC(=NCc1ccccn1)NCC1CCN(C(=O)OC(C)(C)C)CC1. The Hall–Kier alpha value is -2.31. The Balaban J connectivity index is 1.77. The van der Waals surface area contributed by atoms with Gasteiger partial charge >= 0.3 is 6.09 Å². The molecule has 1 saturated heterocycles. The van der Waals surface area contributed by atoms with Crippen molar-refractivity contribution >= 4 is 12.1 Å². The third-order valence-electron chi connectivity index (χ3n) is 4.29. The van der Waals surface area contributed by atoms with Crippen LogP contribution in [0.15, 0.2) is 29.4 Å². The quantitative estimate of drug-likeness (QED) is 0.611. The molecule has 1 fully saturated rings. The van der Waals surface area contributed by atoms with Crippen LogP contribution in [0.3, 0.4) is 0 Å². The number of nitrogens with one attached hydrogen (secondary N) is 2. The molecule has 0 unspecified atom stereocenters. The lowest BCUT2D eigenvalue weighted by Crippen LogP contribution is -2.45. The number of aliphatic imine (C=N–C) groups is 1. The van der Waals surface area contributed by atoms with Gasteiger partial charge in [0.15, 0.2) is 5.96 Å². The number of carbonyl (C=O) groups is 1. The Morgan fingerprint density at radius 3 is 2.63 bits per heavy atom. The standard InChI is InChI=1S/C20H33N5O2/c1-5-21-18(24-15-17-8-6-7-11-22-17)23-14-16-9-12-25(13-10-16)19(26)27-20(2,3)4/h6-8,11,16H,5,9-10,12-15H2,1-4H3,(H2,21,23,24). The Morgan fingerprint density at radius 2 is 2.04 bits per heavy atom. The number of piperidine rings is 1. The minimum atomic E-state index is -0.444. The summed E-state index contributed by atoms with van der Waals surface area (Å²) in [7, 11) is 0. The molecule has 2 N–H and O–H groups in total. The van der Waals surface area contributed by atoms with E-state index in [0.29, 0.717) is 12.5 Å². The second-order valence-electron chi connectivity index (χ2n) is 7.81. The van der Waals surface area contributed by atoms with Crippen LogP contribution in [-0.2, 0) is 11.3 Å². The lowest BCUT2D eigenvalue weighted by molar-refractivity contribution is 0.0185. The summed E-state index contributed by atoms with van der Waals surface area (Å²) in [4.78, 5) is 22.9. The number of carbonyl (C=O) groups excluding carboxylic acids is 1. The lowest BCUT2D eigenvalue weighted by atomic mass is 9.97. The van der Waals surface area contributed by atoms with Crippen molar-refractivity contribution in [3.05, 3.63) is 30.1 Å². The Labute approximate surface area is 162 Å². The number of hydrogen-bond acceptors (Lipinski definition) is 4. The van der Waals surface area contributed by atoms with Crippen LogP contribution in [0.2, 0.25) is 0 Å². The first-order chi connectivity index (χ1) is 12.9. The van der Waals surface area contributed by atoms with Crippen molar-refractivity contribution in [1.29, 1.82) is 0 Å². The zero-order chi connectivity index (χ0) is 19.7. The molecule has 7 nitrogen and oxygen atoms in total. The van der Waals surface area contributed by atoms with Crippen molar-refractivity contribution in [1.82, 2.24) is 20.5 Å². The monoisotopic (exact) mass is 375 g/mol. The largest absolute Gasteiger partial charge is 0.444 e. The molecule has 1 amide bonds. The van der Waals surface area contributed by atoms with E-state index in [1.54, 1.807) is 6.20 Å². The lowest BCUT2D eigenvalue weighted by Gasteiger charge is -2.33. The number of aromatic nitrogens is 1. The molecule has 0 bridgehead atoms. The van der Waals surface area contributed by atoms with Crippen LogP contribution in [0.1, 0.15) is 46.2 Å². The van der Waals surface area contributed by atoms with E-state index in [1.807, 2.05) is 43.9 Å². The van der Waals surface area contributed by atoms with E-state index in [1.165, 1.54) is 0 Å². The molecule has 1 aliphatic heterocycles. The number of nitrogens with zero attached hydrogens (tertiary/aromatic N) is 3. The van der Waals surface area contributed by atoms with E-state index in [2.05, 4.69) is 27.5 Å². The topological polar surface area (TPSA) is 78.9 Å². The second kappa shape index (κ2) is 10.1. The van der Waals surface area contributed by atoms with Gasteiger partial charge in [-0.25, -0.2) is 9.79 Å². The van der Waals surface area contributed by atoms with Gasteiger partial charge in [0, 0.05) is 32.4 Å². The van der Waals surface area contributed by atoms with Crippen molar-refractivity contribution in [3.8, 4) is 0 Å². The summed E-state index contributed by atoms with van der Waals surface area (Å²) in [5.74, 6) is 1.32. The van der Waals surface area contributed by atoms with Crippen LogP contribution in [0.25, 0.3) is 0 Å². The Bertz CT molecular complexity index is 605. The van der Waals surface area contributed by atoms with Gasteiger partial charge in [-0.2, -0.15) is 0 Å². The maximum atomic E-state index is 12.1. The van der Waals surface area contributed by atoms with Crippen LogP contribution in [-0.4, -0.2) is 53.7 Å². The molecule has 7 heteroatoms. The molecule has 2 rings (SSSR count). The van der Waals surface area contributed by atoms with Crippen LogP contribution in [0, 0.1) is 5.92 Å². The first-order valence-electron chi connectivity index (χ1n) is 9.77. The summed E-state index contributed by atoms with van der Waals surface area (Å²) in [5.41, 5.74) is 0.501. The first-order valence-corrected chi connectivity index (χ1v) is 9.77. The highest BCUT2D eigenvalue weighted by Gasteiger charge is 2.26. The normalized spacial score (nSPS) is 16.1. The molecule has 0 radical (unpaired) electrons. The predicted octanol–water partition coefficient (Wildman–Crippen LogP) is 2.78. The molecule has 1 aromatic heterocycles. The molecule has 0 aromatic carbocycles. The minimum absolute atomic E-state index is 0.209. The highest BCUT2D eigenvalue weighted by Crippen LogP contribution is 2.19. The molecule has 1 aliphatic rings. The van der Waals surface area contributed by atoms with Crippen LogP contribution in [0.4, 0.5) is 4.79 Å². The number of rotatable bonds is 5. The molecule has 0 aliphatic carbocycles. The van der Waals surface area contributed by atoms with Crippen molar-refractivity contribution in [2.75, 3.05) is 26.2 Å². The predicted molar refractivity (Wildman–Crippen MR) is 108 cm³/mol. The number of likely N-dealkylation sites (tertiary alicyclic amines) is 1. The number of guanidine groups is 1. The van der Waals surface area contributed by atoms with E-state index in [9.17, 15) is 4.79 Å². The molecule has 1 aromatic rings. The molecule has 27 heavy (non-hydrogen) atoms. The summed E-state index contributed by atoms with van der Waals surface area (Å²) < 4.78 is 5.45. The van der Waals surface area contributed by atoms with Gasteiger partial charge < -0.3 is 20.3 Å². The summed E-state index contributed by atoms with van der Waals surface area (Å²) in [6.45, 7) is 11.4. The first kappa shape index (κ1) is 21.0.